The summed E-state index contributed by atoms with van der Waals surface area (Å²) >= 11 is 0. The molecule has 37 heavy (non-hydrogen) atoms. The number of likely N-dealkylation sites (tertiary alicyclic amines) is 2. The van der Waals surface area contributed by atoms with Crippen LogP contribution in [0.2, 0.25) is 0 Å². The van der Waals surface area contributed by atoms with Crippen LogP contribution in [-0.4, -0.2) is 144 Å². The first kappa shape index (κ1) is 31.9. The van der Waals surface area contributed by atoms with Gasteiger partial charge in [-0.2, -0.15) is 0 Å². The molecule has 2 rings (SSSR count). The summed E-state index contributed by atoms with van der Waals surface area (Å²) in [5.74, 6) is 1.57. The minimum Gasteiger partial charge on any atom is -0.395 e. The second kappa shape index (κ2) is 18.9. The molecule has 0 aromatic heterocycles. The Labute approximate surface area is 223 Å². The van der Waals surface area contributed by atoms with E-state index in [0.29, 0.717) is 12.8 Å². The fourth-order valence-electron chi connectivity index (χ4n) is 5.72. The van der Waals surface area contributed by atoms with Gasteiger partial charge in [-0.25, -0.2) is 0 Å². The Bertz CT molecular complexity index is 560. The van der Waals surface area contributed by atoms with Gasteiger partial charge in [-0.15, -0.1) is 0 Å². The highest BCUT2D eigenvalue weighted by atomic mass is 16.3. The molecule has 0 aliphatic carbocycles. The van der Waals surface area contributed by atoms with Crippen molar-refractivity contribution in [2.45, 2.75) is 57.8 Å². The summed E-state index contributed by atoms with van der Waals surface area (Å²) in [4.78, 5) is 32.5. The number of aliphatic hydroxyl groups excluding tert-OH is 4. The molecule has 0 radical (unpaired) electrons. The molecular weight excluding hydrogens is 476 g/mol. The highest BCUT2D eigenvalue weighted by Gasteiger charge is 2.23. The molecule has 2 heterocycles. The molecule has 2 saturated heterocycles. The van der Waals surface area contributed by atoms with Crippen molar-refractivity contribution >= 4 is 11.8 Å². The molecule has 0 saturated carbocycles. The molecule has 216 valence electrons. The van der Waals surface area contributed by atoms with E-state index in [1.165, 1.54) is 44.9 Å². The van der Waals surface area contributed by atoms with E-state index in [1.807, 2.05) is 0 Å². The molecular formula is C27H52N4O6. The van der Waals surface area contributed by atoms with Crippen LogP contribution < -0.4 is 0 Å². The van der Waals surface area contributed by atoms with Gasteiger partial charge in [0.25, 0.3) is 0 Å². The van der Waals surface area contributed by atoms with E-state index < -0.39 is 0 Å². The Morgan fingerprint density at radius 1 is 0.595 bits per heavy atom. The van der Waals surface area contributed by atoms with Crippen LogP contribution in [0.4, 0.5) is 0 Å². The number of nitrogens with zero attached hydrogens (tertiary/aromatic N) is 4. The first-order chi connectivity index (χ1) is 18.0. The molecule has 4 N–H and O–H groups in total. The highest BCUT2D eigenvalue weighted by Crippen LogP contribution is 2.27. The SMILES string of the molecule is O=C(CCN1CCC(CCCC2CCN(CCC(=O)N(CCO)CCO)CC2)CC1)N(CCO)CCO. The van der Waals surface area contributed by atoms with E-state index in [0.717, 1.165) is 51.1 Å². The lowest BCUT2D eigenvalue weighted by atomic mass is 9.87. The van der Waals surface area contributed by atoms with Crippen LogP contribution >= 0.6 is 0 Å². The number of carbonyl (C=O) groups is 2. The van der Waals surface area contributed by atoms with Crippen molar-refractivity contribution in [3.05, 3.63) is 0 Å². The first-order valence-electron chi connectivity index (χ1n) is 14.4. The molecule has 0 aromatic rings. The highest BCUT2D eigenvalue weighted by molar-refractivity contribution is 5.76. The zero-order valence-corrected chi connectivity index (χ0v) is 22.8. The van der Waals surface area contributed by atoms with Gasteiger partial charge < -0.3 is 40.0 Å². The van der Waals surface area contributed by atoms with E-state index >= 15 is 0 Å². The lowest BCUT2D eigenvalue weighted by Crippen LogP contribution is -2.40. The van der Waals surface area contributed by atoms with Crippen LogP contribution in [-0.2, 0) is 9.59 Å². The third kappa shape index (κ3) is 12.4. The fraction of sp³-hybridized carbons (Fsp3) is 0.926. The predicted octanol–water partition coefficient (Wildman–Crippen LogP) is -0.0127. The summed E-state index contributed by atoms with van der Waals surface area (Å²) in [5.41, 5.74) is 0. The number of hydrogen-bond donors (Lipinski definition) is 4. The van der Waals surface area contributed by atoms with Gasteiger partial charge in [0, 0.05) is 52.1 Å². The minimum atomic E-state index is -0.0750. The standard InChI is InChI=1S/C27H52N4O6/c32-20-16-30(17-21-33)26(36)8-14-28-10-4-24(5-11-28)2-1-3-25-6-12-29(13-7-25)15-9-27(37)31(18-22-34)19-23-35/h24-25,32-35H,1-23H2. The minimum absolute atomic E-state index is 0.00763. The van der Waals surface area contributed by atoms with E-state index in [9.17, 15) is 9.59 Å². The quantitative estimate of drug-likeness (QED) is 0.196. The van der Waals surface area contributed by atoms with Gasteiger partial charge in [-0.3, -0.25) is 9.59 Å². The molecule has 0 unspecified atom stereocenters. The fourth-order valence-corrected chi connectivity index (χ4v) is 5.72. The Kier molecular flexibility index (Phi) is 16.3. The van der Waals surface area contributed by atoms with Crippen molar-refractivity contribution in [3.8, 4) is 0 Å². The Balaban J connectivity index is 1.53. The lowest BCUT2D eigenvalue weighted by Gasteiger charge is -2.34. The monoisotopic (exact) mass is 528 g/mol. The van der Waals surface area contributed by atoms with Gasteiger partial charge >= 0.3 is 0 Å². The van der Waals surface area contributed by atoms with Crippen molar-refractivity contribution in [2.24, 2.45) is 11.8 Å². The summed E-state index contributed by atoms with van der Waals surface area (Å²) in [5, 5.41) is 36.4. The normalized spacial score (nSPS) is 18.3. The second-order valence-electron chi connectivity index (χ2n) is 10.7. The molecule has 0 spiro atoms. The van der Waals surface area contributed by atoms with Gasteiger partial charge in [0.05, 0.1) is 26.4 Å². The number of amides is 2. The van der Waals surface area contributed by atoms with Crippen LogP contribution in [0.5, 0.6) is 0 Å². The maximum Gasteiger partial charge on any atom is 0.224 e. The van der Waals surface area contributed by atoms with E-state index in [-0.39, 0.29) is 64.4 Å². The number of carbonyl (C=O) groups excluding carboxylic acids is 2. The predicted molar refractivity (Wildman–Crippen MR) is 143 cm³/mol. The van der Waals surface area contributed by atoms with Crippen molar-refractivity contribution in [1.82, 2.24) is 19.6 Å². The number of hydrogen-bond acceptors (Lipinski definition) is 8. The summed E-state index contributed by atoms with van der Waals surface area (Å²) in [6.07, 6.45) is 9.52. The van der Waals surface area contributed by atoms with Crippen LogP contribution in [0.3, 0.4) is 0 Å². The molecule has 10 heteroatoms. The average molecular weight is 529 g/mol. The molecule has 0 bridgehead atoms. The summed E-state index contributed by atoms with van der Waals surface area (Å²) in [6, 6.07) is 0. The number of piperidine rings is 2. The van der Waals surface area contributed by atoms with Crippen LogP contribution in [0.15, 0.2) is 0 Å². The zero-order valence-electron chi connectivity index (χ0n) is 22.8. The third-order valence-electron chi connectivity index (χ3n) is 8.11. The molecule has 2 fully saturated rings. The molecule has 2 amide bonds. The van der Waals surface area contributed by atoms with Gasteiger partial charge in [-0.1, -0.05) is 19.3 Å². The Morgan fingerprint density at radius 3 is 1.22 bits per heavy atom. The average Bonchev–Trinajstić information content (AvgIpc) is 2.91. The number of aliphatic hydroxyl groups is 4. The second-order valence-corrected chi connectivity index (χ2v) is 10.7. The van der Waals surface area contributed by atoms with E-state index in [2.05, 4.69) is 9.80 Å². The topological polar surface area (TPSA) is 128 Å². The number of rotatable bonds is 18. The Morgan fingerprint density at radius 2 is 0.919 bits per heavy atom. The summed E-state index contributed by atoms with van der Waals surface area (Å²) in [6.45, 7) is 6.54. The van der Waals surface area contributed by atoms with Gasteiger partial charge in [-0.05, 0) is 63.7 Å². The van der Waals surface area contributed by atoms with Crippen molar-refractivity contribution in [1.29, 1.82) is 0 Å². The lowest BCUT2D eigenvalue weighted by molar-refractivity contribution is -0.133. The molecule has 0 aromatic carbocycles. The van der Waals surface area contributed by atoms with Crippen LogP contribution in [0.25, 0.3) is 0 Å². The van der Waals surface area contributed by atoms with Crippen molar-refractivity contribution < 1.29 is 30.0 Å². The van der Waals surface area contributed by atoms with Crippen LogP contribution in [0.1, 0.15) is 57.8 Å². The maximum absolute atomic E-state index is 12.3. The van der Waals surface area contributed by atoms with E-state index in [1.54, 1.807) is 9.80 Å². The third-order valence-corrected chi connectivity index (χ3v) is 8.11. The molecule has 2 aliphatic rings. The smallest absolute Gasteiger partial charge is 0.224 e. The Hall–Kier alpha value is -1.30. The maximum atomic E-state index is 12.3. The van der Waals surface area contributed by atoms with Crippen molar-refractivity contribution in [2.75, 3.05) is 91.9 Å². The van der Waals surface area contributed by atoms with Gasteiger partial charge in [0.2, 0.25) is 11.8 Å². The summed E-state index contributed by atoms with van der Waals surface area (Å²) in [7, 11) is 0. The molecule has 10 nitrogen and oxygen atoms in total. The summed E-state index contributed by atoms with van der Waals surface area (Å²) < 4.78 is 0. The van der Waals surface area contributed by atoms with Crippen LogP contribution in [0, 0.1) is 11.8 Å². The van der Waals surface area contributed by atoms with Crippen molar-refractivity contribution in [3.63, 3.8) is 0 Å². The molecule has 2 aliphatic heterocycles. The van der Waals surface area contributed by atoms with Gasteiger partial charge in [0.15, 0.2) is 0 Å². The molecule has 0 atom stereocenters. The zero-order chi connectivity index (χ0) is 26.9. The first-order valence-corrected chi connectivity index (χ1v) is 14.4. The largest absolute Gasteiger partial charge is 0.395 e. The van der Waals surface area contributed by atoms with Gasteiger partial charge in [0.1, 0.15) is 0 Å². The van der Waals surface area contributed by atoms with E-state index in [4.69, 9.17) is 20.4 Å².